The molecule has 0 saturated carbocycles. The Kier molecular flexibility index (Phi) is 5.34. The van der Waals surface area contributed by atoms with E-state index in [2.05, 4.69) is 0 Å². The van der Waals surface area contributed by atoms with Crippen LogP contribution >= 0.6 is 0 Å². The molecular weight excluding hydrogens is 391 g/mol. The molecule has 0 aliphatic carbocycles. The predicted octanol–water partition coefficient (Wildman–Crippen LogP) is 3.05. The van der Waals surface area contributed by atoms with E-state index in [-0.39, 0.29) is 19.8 Å². The van der Waals surface area contributed by atoms with Crippen LogP contribution in [0, 0.1) is 5.82 Å². The fraction of sp³-hybridized carbons (Fsp3) is 0.364. The summed E-state index contributed by atoms with van der Waals surface area (Å²) < 4.78 is 25.2. The van der Waals surface area contributed by atoms with Gasteiger partial charge in [-0.1, -0.05) is 43.3 Å². The second kappa shape index (κ2) is 7.95. The van der Waals surface area contributed by atoms with Crippen LogP contribution in [0.4, 0.5) is 19.7 Å². The summed E-state index contributed by atoms with van der Waals surface area (Å²) in [5.41, 5.74) is 1.22. The van der Waals surface area contributed by atoms with Gasteiger partial charge in [0, 0.05) is 18.5 Å². The first-order valence-electron chi connectivity index (χ1n) is 9.74. The predicted molar refractivity (Wildman–Crippen MR) is 107 cm³/mol. The third-order valence-corrected chi connectivity index (χ3v) is 5.54. The average molecular weight is 414 g/mol. The molecule has 2 aliphatic heterocycles. The minimum atomic E-state index is -0.611. The molecule has 2 aliphatic rings. The fourth-order valence-electron chi connectivity index (χ4n) is 3.90. The molecule has 1 atom stereocenters. The highest BCUT2D eigenvalue weighted by Gasteiger charge is 2.45. The van der Waals surface area contributed by atoms with Crippen LogP contribution < -0.4 is 4.90 Å². The zero-order valence-corrected chi connectivity index (χ0v) is 16.6. The number of aliphatic hydroxyl groups excluding tert-OH is 1. The number of likely N-dealkylation sites (tertiary alicyclic amines) is 1. The lowest BCUT2D eigenvalue weighted by atomic mass is 9.75. The molecule has 7 nitrogen and oxygen atoms in total. The lowest BCUT2D eigenvalue weighted by Crippen LogP contribution is -2.60. The summed E-state index contributed by atoms with van der Waals surface area (Å²) in [6.07, 6.45) is -1.65. The molecule has 2 aromatic rings. The Hall–Kier alpha value is -3.13. The van der Waals surface area contributed by atoms with Crippen LogP contribution in [0.1, 0.15) is 18.1 Å². The van der Waals surface area contributed by atoms with E-state index in [4.69, 9.17) is 14.6 Å². The highest BCUT2D eigenvalue weighted by Crippen LogP contribution is 2.37. The van der Waals surface area contributed by atoms with Crippen LogP contribution in [0.3, 0.4) is 0 Å². The Morgan fingerprint density at radius 3 is 2.63 bits per heavy atom. The van der Waals surface area contributed by atoms with Gasteiger partial charge in [-0.3, -0.25) is 4.90 Å². The molecule has 0 unspecified atom stereocenters. The number of hydrogen-bond acceptors (Lipinski definition) is 5. The fourth-order valence-corrected chi connectivity index (χ4v) is 3.90. The molecule has 2 aromatic carbocycles. The number of hydrogen-bond donors (Lipinski definition) is 1. The first-order valence-corrected chi connectivity index (χ1v) is 9.74. The number of halogens is 1. The number of carbonyl (C=O) groups is 2. The van der Waals surface area contributed by atoms with Crippen molar-refractivity contribution in [3.8, 4) is 0 Å². The van der Waals surface area contributed by atoms with Gasteiger partial charge >= 0.3 is 12.2 Å². The summed E-state index contributed by atoms with van der Waals surface area (Å²) in [4.78, 5) is 27.0. The molecule has 2 saturated heterocycles. The van der Waals surface area contributed by atoms with Crippen molar-refractivity contribution in [2.24, 2.45) is 0 Å². The number of rotatable bonds is 5. The van der Waals surface area contributed by atoms with E-state index in [1.165, 1.54) is 11.0 Å². The summed E-state index contributed by atoms with van der Waals surface area (Å²) in [6, 6.07) is 14.0. The lowest BCUT2D eigenvalue weighted by Gasteiger charge is -2.47. The molecular formula is C22H23FN2O5. The highest BCUT2D eigenvalue weighted by molar-refractivity contribution is 5.89. The molecule has 2 amide bonds. The summed E-state index contributed by atoms with van der Waals surface area (Å²) >= 11 is 0. The molecule has 0 spiro atoms. The molecule has 0 bridgehead atoms. The normalized spacial score (nSPS) is 20.0. The van der Waals surface area contributed by atoms with Crippen molar-refractivity contribution in [3.05, 3.63) is 65.5 Å². The molecule has 158 valence electrons. The standard InChI is InChI=1S/C22H23FN2O5/c1-22(13-24(14-22)20(27)29-12-15-5-3-2-4-6-15)18-8-7-16(9-19(18)23)25-10-17(11-26)30-21(25)28/h2-9,17,26H,10-14H2,1H3/t17-/m1/s1. The van der Waals surface area contributed by atoms with E-state index in [1.54, 1.807) is 17.0 Å². The number of aliphatic hydroxyl groups is 1. The minimum Gasteiger partial charge on any atom is -0.445 e. The number of anilines is 1. The Balaban J connectivity index is 1.38. The van der Waals surface area contributed by atoms with Gasteiger partial charge < -0.3 is 19.5 Å². The van der Waals surface area contributed by atoms with Crippen LogP contribution in [0.25, 0.3) is 0 Å². The van der Waals surface area contributed by atoms with Crippen molar-refractivity contribution in [2.45, 2.75) is 25.0 Å². The second-order valence-electron chi connectivity index (χ2n) is 7.92. The molecule has 2 fully saturated rings. The molecule has 0 radical (unpaired) electrons. The average Bonchev–Trinajstić information content (AvgIpc) is 3.11. The van der Waals surface area contributed by atoms with Gasteiger partial charge in [0.2, 0.25) is 0 Å². The number of benzene rings is 2. The number of ether oxygens (including phenoxy) is 2. The van der Waals surface area contributed by atoms with E-state index in [0.29, 0.717) is 24.3 Å². The van der Waals surface area contributed by atoms with E-state index in [0.717, 1.165) is 5.56 Å². The number of nitrogens with zero attached hydrogens (tertiary/aromatic N) is 2. The Morgan fingerprint density at radius 1 is 1.27 bits per heavy atom. The Labute approximate surface area is 173 Å². The van der Waals surface area contributed by atoms with Crippen molar-refractivity contribution < 1.29 is 28.6 Å². The van der Waals surface area contributed by atoms with Gasteiger partial charge in [-0.05, 0) is 23.3 Å². The van der Waals surface area contributed by atoms with Gasteiger partial charge in [0.25, 0.3) is 0 Å². The first kappa shape index (κ1) is 20.2. The van der Waals surface area contributed by atoms with E-state index >= 15 is 0 Å². The topological polar surface area (TPSA) is 79.3 Å². The van der Waals surface area contributed by atoms with Crippen LogP contribution in [0.5, 0.6) is 0 Å². The van der Waals surface area contributed by atoms with Crippen molar-refractivity contribution in [2.75, 3.05) is 31.1 Å². The molecule has 30 heavy (non-hydrogen) atoms. The number of carbonyl (C=O) groups excluding carboxylic acids is 2. The van der Waals surface area contributed by atoms with E-state index in [9.17, 15) is 14.0 Å². The second-order valence-corrected chi connectivity index (χ2v) is 7.92. The zero-order chi connectivity index (χ0) is 21.3. The third kappa shape index (κ3) is 3.82. The van der Waals surface area contributed by atoms with Gasteiger partial charge in [-0.15, -0.1) is 0 Å². The summed E-state index contributed by atoms with van der Waals surface area (Å²) in [7, 11) is 0. The maximum Gasteiger partial charge on any atom is 0.414 e. The summed E-state index contributed by atoms with van der Waals surface area (Å²) in [6.45, 7) is 2.66. The Morgan fingerprint density at radius 2 is 2.00 bits per heavy atom. The Bertz CT molecular complexity index is 946. The molecule has 8 heteroatoms. The highest BCUT2D eigenvalue weighted by atomic mass is 19.1. The molecule has 2 heterocycles. The van der Waals surface area contributed by atoms with Gasteiger partial charge in [0.1, 0.15) is 18.5 Å². The summed E-state index contributed by atoms with van der Waals surface area (Å²) in [5.74, 6) is -0.451. The van der Waals surface area contributed by atoms with Crippen molar-refractivity contribution in [1.29, 1.82) is 0 Å². The van der Waals surface area contributed by atoms with Crippen LogP contribution in [-0.4, -0.2) is 54.5 Å². The molecule has 0 aromatic heterocycles. The first-order chi connectivity index (χ1) is 14.4. The van der Waals surface area contributed by atoms with Gasteiger partial charge in [-0.2, -0.15) is 0 Å². The van der Waals surface area contributed by atoms with E-state index in [1.807, 2.05) is 37.3 Å². The van der Waals surface area contributed by atoms with Crippen molar-refractivity contribution in [3.63, 3.8) is 0 Å². The number of amides is 2. The van der Waals surface area contributed by atoms with Crippen LogP contribution in [-0.2, 0) is 21.5 Å². The SMILES string of the molecule is CC1(c2ccc(N3C[C@H](CO)OC3=O)cc2F)CN(C(=O)OCc2ccccc2)C1. The van der Waals surface area contributed by atoms with Crippen LogP contribution in [0.15, 0.2) is 48.5 Å². The lowest BCUT2D eigenvalue weighted by molar-refractivity contribution is 0.0384. The van der Waals surface area contributed by atoms with Gasteiger partial charge in [0.15, 0.2) is 0 Å². The monoisotopic (exact) mass is 414 g/mol. The zero-order valence-electron chi connectivity index (χ0n) is 16.6. The third-order valence-electron chi connectivity index (χ3n) is 5.54. The summed E-state index contributed by atoms with van der Waals surface area (Å²) in [5, 5.41) is 9.15. The maximum atomic E-state index is 14.9. The molecule has 1 N–H and O–H groups in total. The van der Waals surface area contributed by atoms with Gasteiger partial charge in [0.05, 0.1) is 18.8 Å². The van der Waals surface area contributed by atoms with Gasteiger partial charge in [-0.25, -0.2) is 14.0 Å². The van der Waals surface area contributed by atoms with Crippen molar-refractivity contribution >= 4 is 17.9 Å². The maximum absolute atomic E-state index is 14.9. The largest absolute Gasteiger partial charge is 0.445 e. The quantitative estimate of drug-likeness (QED) is 0.814. The van der Waals surface area contributed by atoms with E-state index < -0.39 is 29.5 Å². The minimum absolute atomic E-state index is 0.173. The van der Waals surface area contributed by atoms with Crippen LogP contribution in [0.2, 0.25) is 0 Å². The van der Waals surface area contributed by atoms with Crippen molar-refractivity contribution in [1.82, 2.24) is 4.90 Å². The number of cyclic esters (lactones) is 1. The smallest absolute Gasteiger partial charge is 0.414 e. The molecule has 4 rings (SSSR count).